The fourth-order valence-electron chi connectivity index (χ4n) is 4.32. The molecular formula is C24H25N3O3. The minimum absolute atomic E-state index is 0.0128. The first kappa shape index (κ1) is 20.1. The zero-order valence-corrected chi connectivity index (χ0v) is 17.2. The lowest BCUT2D eigenvalue weighted by Crippen LogP contribution is -2.73. The Balaban J connectivity index is 1.55. The molecule has 2 aromatic rings. The van der Waals surface area contributed by atoms with Crippen molar-refractivity contribution in [2.24, 2.45) is 5.92 Å². The third-order valence-electron chi connectivity index (χ3n) is 5.72. The number of pyridine rings is 1. The van der Waals surface area contributed by atoms with Crippen molar-refractivity contribution in [1.29, 1.82) is 0 Å². The summed E-state index contributed by atoms with van der Waals surface area (Å²) in [6.45, 7) is 4.44. The van der Waals surface area contributed by atoms with Crippen LogP contribution < -0.4 is 0 Å². The molecule has 1 aromatic heterocycles. The smallest absolute Gasteiger partial charge is 0.272 e. The molecule has 0 saturated carbocycles. The van der Waals surface area contributed by atoms with Gasteiger partial charge in [-0.2, -0.15) is 0 Å². The number of rotatable bonds is 3. The van der Waals surface area contributed by atoms with Crippen LogP contribution in [0.2, 0.25) is 0 Å². The highest BCUT2D eigenvalue weighted by Gasteiger charge is 2.54. The Hall–Kier alpha value is -3.17. The van der Waals surface area contributed by atoms with Gasteiger partial charge in [0.2, 0.25) is 5.91 Å². The second kappa shape index (κ2) is 8.29. The molecule has 2 aliphatic heterocycles. The Morgan fingerprint density at radius 1 is 1.23 bits per heavy atom. The van der Waals surface area contributed by atoms with Crippen molar-refractivity contribution in [3.63, 3.8) is 0 Å². The van der Waals surface area contributed by atoms with Gasteiger partial charge in [0.25, 0.3) is 5.91 Å². The van der Waals surface area contributed by atoms with E-state index in [9.17, 15) is 14.7 Å². The number of hydrogen-bond donors (Lipinski definition) is 1. The standard InChI is InChI=1S/C24H25N3O3/c1-16(2)6-7-17-8-10-18(11-9-17)23-20-13-26(14-22(29)27(20)21(23)15-28)24(30)19-5-3-4-12-25-19/h3-5,8-12,16,20-21,23,28H,13-15H2,1-2H3/t20-,21+,23-/m0/s1. The fraction of sp³-hybridized carbons (Fsp3) is 0.375. The summed E-state index contributed by atoms with van der Waals surface area (Å²) in [4.78, 5) is 33.0. The average molecular weight is 403 g/mol. The SMILES string of the molecule is CC(C)C#Cc1ccc([C@@H]2[C@@H](CO)N3C(=O)CN(C(=O)c4ccccn4)C[C@@H]23)cc1. The predicted octanol–water partition coefficient (Wildman–Crippen LogP) is 1.90. The van der Waals surface area contributed by atoms with Crippen molar-refractivity contribution in [1.82, 2.24) is 14.8 Å². The van der Waals surface area contributed by atoms with Gasteiger partial charge in [0, 0.05) is 30.1 Å². The number of carbonyl (C=O) groups is 2. The summed E-state index contributed by atoms with van der Waals surface area (Å²) in [6, 6.07) is 12.7. The first-order chi connectivity index (χ1) is 14.5. The van der Waals surface area contributed by atoms with Crippen LogP contribution in [0.25, 0.3) is 0 Å². The molecule has 1 N–H and O–H groups in total. The van der Waals surface area contributed by atoms with E-state index in [1.807, 2.05) is 38.1 Å². The van der Waals surface area contributed by atoms with Gasteiger partial charge in [0.05, 0.1) is 18.7 Å². The lowest BCUT2D eigenvalue weighted by atomic mass is 9.73. The van der Waals surface area contributed by atoms with Crippen LogP contribution >= 0.6 is 0 Å². The summed E-state index contributed by atoms with van der Waals surface area (Å²) < 4.78 is 0. The van der Waals surface area contributed by atoms with E-state index in [1.54, 1.807) is 34.2 Å². The summed E-state index contributed by atoms with van der Waals surface area (Å²) in [5.74, 6) is 6.21. The summed E-state index contributed by atoms with van der Waals surface area (Å²) in [5, 5.41) is 9.92. The number of aliphatic hydroxyl groups is 1. The van der Waals surface area contributed by atoms with Crippen LogP contribution in [0.5, 0.6) is 0 Å². The second-order valence-electron chi connectivity index (χ2n) is 8.09. The van der Waals surface area contributed by atoms with Crippen LogP contribution in [0.4, 0.5) is 0 Å². The molecule has 0 aliphatic carbocycles. The van der Waals surface area contributed by atoms with Gasteiger partial charge >= 0.3 is 0 Å². The van der Waals surface area contributed by atoms with E-state index in [1.165, 1.54) is 0 Å². The minimum atomic E-state index is -0.262. The van der Waals surface area contributed by atoms with E-state index in [4.69, 9.17) is 0 Å². The Morgan fingerprint density at radius 2 is 2.00 bits per heavy atom. The van der Waals surface area contributed by atoms with Crippen molar-refractivity contribution in [3.8, 4) is 11.8 Å². The van der Waals surface area contributed by atoms with Gasteiger partial charge in [0.1, 0.15) is 12.2 Å². The van der Waals surface area contributed by atoms with Gasteiger partial charge < -0.3 is 14.9 Å². The van der Waals surface area contributed by atoms with Gasteiger partial charge in [-0.25, -0.2) is 0 Å². The van der Waals surface area contributed by atoms with Gasteiger partial charge in [-0.1, -0.05) is 43.9 Å². The number of hydrogen-bond acceptors (Lipinski definition) is 4. The number of fused-ring (bicyclic) bond motifs is 1. The number of aromatic nitrogens is 1. The Kier molecular flexibility index (Phi) is 5.56. The highest BCUT2D eigenvalue weighted by Crippen LogP contribution is 2.43. The molecule has 2 saturated heterocycles. The number of benzene rings is 1. The molecule has 2 fully saturated rings. The number of amides is 2. The van der Waals surface area contributed by atoms with Crippen LogP contribution in [0.3, 0.4) is 0 Å². The van der Waals surface area contributed by atoms with Gasteiger partial charge in [-0.05, 0) is 29.8 Å². The lowest BCUT2D eigenvalue weighted by molar-refractivity contribution is -0.159. The largest absolute Gasteiger partial charge is 0.394 e. The maximum absolute atomic E-state index is 12.8. The van der Waals surface area contributed by atoms with Crippen LogP contribution in [-0.2, 0) is 4.79 Å². The summed E-state index contributed by atoms with van der Waals surface area (Å²) >= 11 is 0. The van der Waals surface area contributed by atoms with Crippen molar-refractivity contribution in [2.45, 2.75) is 31.8 Å². The zero-order chi connectivity index (χ0) is 21.3. The van der Waals surface area contributed by atoms with Crippen molar-refractivity contribution >= 4 is 11.8 Å². The molecule has 6 heteroatoms. The van der Waals surface area contributed by atoms with Crippen molar-refractivity contribution in [2.75, 3.05) is 19.7 Å². The van der Waals surface area contributed by atoms with E-state index < -0.39 is 0 Å². The molecule has 0 bridgehead atoms. The maximum Gasteiger partial charge on any atom is 0.272 e. The van der Waals surface area contributed by atoms with E-state index in [0.717, 1.165) is 11.1 Å². The molecule has 3 heterocycles. The van der Waals surface area contributed by atoms with Crippen molar-refractivity contribution < 1.29 is 14.7 Å². The van der Waals surface area contributed by atoms with E-state index in [2.05, 4.69) is 16.8 Å². The molecule has 0 radical (unpaired) electrons. The Labute approximate surface area is 176 Å². The highest BCUT2D eigenvalue weighted by molar-refractivity contribution is 5.96. The molecule has 30 heavy (non-hydrogen) atoms. The van der Waals surface area contributed by atoms with E-state index in [-0.39, 0.29) is 43.0 Å². The molecule has 0 unspecified atom stereocenters. The summed E-state index contributed by atoms with van der Waals surface area (Å²) in [5.41, 5.74) is 2.32. The maximum atomic E-state index is 12.8. The monoisotopic (exact) mass is 403 g/mol. The van der Waals surface area contributed by atoms with E-state index in [0.29, 0.717) is 18.2 Å². The first-order valence-electron chi connectivity index (χ1n) is 10.2. The van der Waals surface area contributed by atoms with Crippen LogP contribution in [0, 0.1) is 17.8 Å². The fourth-order valence-corrected chi connectivity index (χ4v) is 4.32. The Morgan fingerprint density at radius 3 is 2.63 bits per heavy atom. The molecule has 154 valence electrons. The van der Waals surface area contributed by atoms with Crippen LogP contribution in [0.15, 0.2) is 48.7 Å². The molecule has 1 aromatic carbocycles. The molecular weight excluding hydrogens is 378 g/mol. The number of nitrogens with zero attached hydrogens (tertiary/aromatic N) is 3. The minimum Gasteiger partial charge on any atom is -0.394 e. The predicted molar refractivity (Wildman–Crippen MR) is 113 cm³/mol. The molecule has 2 amide bonds. The third kappa shape index (κ3) is 3.69. The number of aliphatic hydroxyl groups excluding tert-OH is 1. The van der Waals surface area contributed by atoms with Gasteiger partial charge in [-0.15, -0.1) is 0 Å². The summed E-state index contributed by atoms with van der Waals surface area (Å²) in [7, 11) is 0. The van der Waals surface area contributed by atoms with Crippen LogP contribution in [-0.4, -0.2) is 63.5 Å². The number of piperazine rings is 1. The first-order valence-corrected chi connectivity index (χ1v) is 10.2. The summed E-state index contributed by atoms with van der Waals surface area (Å²) in [6.07, 6.45) is 1.57. The average Bonchev–Trinajstić information content (AvgIpc) is 2.74. The lowest BCUT2D eigenvalue weighted by Gasteiger charge is -2.58. The van der Waals surface area contributed by atoms with Gasteiger partial charge in [0.15, 0.2) is 0 Å². The molecule has 2 aliphatic rings. The van der Waals surface area contributed by atoms with Crippen LogP contribution in [0.1, 0.15) is 41.4 Å². The molecule has 4 rings (SSSR count). The Bertz CT molecular complexity index is 992. The molecule has 6 nitrogen and oxygen atoms in total. The molecule has 0 spiro atoms. The van der Waals surface area contributed by atoms with Crippen molar-refractivity contribution in [3.05, 3.63) is 65.5 Å². The second-order valence-corrected chi connectivity index (χ2v) is 8.09. The topological polar surface area (TPSA) is 73.7 Å². The molecule has 3 atom stereocenters. The number of carbonyl (C=O) groups excluding carboxylic acids is 2. The quantitative estimate of drug-likeness (QED) is 0.795. The third-order valence-corrected chi connectivity index (χ3v) is 5.72. The normalized spacial score (nSPS) is 22.8. The van der Waals surface area contributed by atoms with Gasteiger partial charge in [-0.3, -0.25) is 14.6 Å². The highest BCUT2D eigenvalue weighted by atomic mass is 16.3. The van der Waals surface area contributed by atoms with E-state index >= 15 is 0 Å². The zero-order valence-electron chi connectivity index (χ0n) is 17.2.